The summed E-state index contributed by atoms with van der Waals surface area (Å²) in [5.41, 5.74) is 3.08. The molecule has 1 aliphatic heterocycles. The first-order chi connectivity index (χ1) is 14.6. The Morgan fingerprint density at radius 1 is 0.767 bits per heavy atom. The van der Waals surface area contributed by atoms with Crippen LogP contribution in [0.2, 0.25) is 0 Å². The number of anilines is 1. The molecule has 1 saturated heterocycles. The van der Waals surface area contributed by atoms with Gasteiger partial charge in [-0.25, -0.2) is 4.79 Å². The maximum atomic E-state index is 12.7. The first-order valence-electron chi connectivity index (χ1n) is 10.3. The number of carbonyl (C=O) groups excluding carboxylic acids is 1. The van der Waals surface area contributed by atoms with Crippen LogP contribution in [0.1, 0.15) is 40.0 Å². The number of carbonyl (C=O) groups is 2. The Morgan fingerprint density at radius 3 is 2.03 bits per heavy atom. The molecule has 1 amide bonds. The second kappa shape index (κ2) is 8.51. The van der Waals surface area contributed by atoms with Crippen molar-refractivity contribution in [2.45, 2.75) is 19.3 Å². The summed E-state index contributed by atoms with van der Waals surface area (Å²) in [6, 6.07) is 24.5. The highest BCUT2D eigenvalue weighted by Gasteiger charge is 2.36. The van der Waals surface area contributed by atoms with Gasteiger partial charge in [0.05, 0.1) is 24.3 Å². The molecule has 1 aliphatic rings. The number of hydrogen-bond donors (Lipinski definition) is 2. The highest BCUT2D eigenvalue weighted by molar-refractivity contribution is 6.08. The molecule has 3 aromatic carbocycles. The molecule has 1 fully saturated rings. The normalized spacial score (nSPS) is 15.3. The number of nitrogens with one attached hydrogen (secondary N) is 1. The quantitative estimate of drug-likeness (QED) is 0.558. The number of quaternary nitrogens is 1. The van der Waals surface area contributed by atoms with Gasteiger partial charge < -0.3 is 10.4 Å². The van der Waals surface area contributed by atoms with Crippen LogP contribution in [-0.4, -0.2) is 30.1 Å². The molecule has 30 heavy (non-hydrogen) atoms. The number of carboxylic acids is 1. The number of hydrogen-bond acceptors (Lipinski definition) is 2. The Balaban J connectivity index is 1.78. The van der Waals surface area contributed by atoms with Crippen LogP contribution in [0.4, 0.5) is 17.1 Å². The SMILES string of the molecule is O=C(Nc1cc([N+]2(c3ccccc3)CCCCC2)ccc1C(=O)O)c1ccccc1. The largest absolute Gasteiger partial charge is 0.478 e. The number of nitrogens with zero attached hydrogens (tertiary/aromatic N) is 1. The van der Waals surface area contributed by atoms with E-state index in [9.17, 15) is 14.7 Å². The van der Waals surface area contributed by atoms with Crippen LogP contribution in [0.25, 0.3) is 0 Å². The molecule has 5 heteroatoms. The van der Waals surface area contributed by atoms with Crippen LogP contribution in [0.15, 0.2) is 78.9 Å². The molecule has 0 spiro atoms. The van der Waals surface area contributed by atoms with Crippen molar-refractivity contribution >= 4 is 28.9 Å². The van der Waals surface area contributed by atoms with E-state index in [2.05, 4.69) is 17.4 Å². The molecular weight excluding hydrogens is 376 g/mol. The van der Waals surface area contributed by atoms with Crippen LogP contribution < -0.4 is 9.80 Å². The molecule has 0 bridgehead atoms. The van der Waals surface area contributed by atoms with Crippen molar-refractivity contribution in [2.24, 2.45) is 0 Å². The predicted octanol–water partition coefficient (Wildman–Crippen LogP) is 5.46. The maximum Gasteiger partial charge on any atom is 0.337 e. The molecule has 152 valence electrons. The van der Waals surface area contributed by atoms with Gasteiger partial charge in [-0.1, -0.05) is 36.4 Å². The van der Waals surface area contributed by atoms with Crippen molar-refractivity contribution < 1.29 is 14.7 Å². The van der Waals surface area contributed by atoms with Crippen molar-refractivity contribution in [2.75, 3.05) is 18.4 Å². The lowest BCUT2D eigenvalue weighted by Gasteiger charge is -2.40. The van der Waals surface area contributed by atoms with E-state index in [1.807, 2.05) is 36.4 Å². The van der Waals surface area contributed by atoms with E-state index < -0.39 is 5.97 Å². The third-order valence-electron chi connectivity index (χ3n) is 5.84. The second-order valence-corrected chi connectivity index (χ2v) is 7.67. The fourth-order valence-corrected chi connectivity index (χ4v) is 4.30. The molecule has 0 atom stereocenters. The number of amides is 1. The molecule has 0 radical (unpaired) electrons. The van der Waals surface area contributed by atoms with Crippen LogP contribution in [0, 0.1) is 0 Å². The number of rotatable bonds is 5. The van der Waals surface area contributed by atoms with E-state index in [0.29, 0.717) is 15.7 Å². The number of piperidine rings is 1. The van der Waals surface area contributed by atoms with Crippen molar-refractivity contribution in [3.8, 4) is 0 Å². The predicted molar refractivity (Wildman–Crippen MR) is 119 cm³/mol. The summed E-state index contributed by atoms with van der Waals surface area (Å²) in [6.07, 6.45) is 3.39. The summed E-state index contributed by atoms with van der Waals surface area (Å²) in [5, 5.41) is 12.5. The monoisotopic (exact) mass is 401 g/mol. The average Bonchev–Trinajstić information content (AvgIpc) is 2.80. The summed E-state index contributed by atoms with van der Waals surface area (Å²) >= 11 is 0. The van der Waals surface area contributed by atoms with Crippen molar-refractivity contribution in [1.82, 2.24) is 4.48 Å². The Kier molecular flexibility index (Phi) is 5.63. The number of para-hydroxylation sites is 1. The van der Waals surface area contributed by atoms with E-state index in [-0.39, 0.29) is 11.5 Å². The Hall–Kier alpha value is -3.44. The minimum absolute atomic E-state index is 0.0891. The zero-order chi connectivity index (χ0) is 21.0. The van der Waals surface area contributed by atoms with E-state index in [0.717, 1.165) is 31.6 Å². The first-order valence-corrected chi connectivity index (χ1v) is 10.3. The van der Waals surface area contributed by atoms with Gasteiger partial charge in [0.2, 0.25) is 0 Å². The van der Waals surface area contributed by atoms with Crippen LogP contribution in [0.3, 0.4) is 0 Å². The first kappa shape index (κ1) is 19.9. The van der Waals surface area contributed by atoms with Gasteiger partial charge in [-0.15, -0.1) is 0 Å². The minimum atomic E-state index is -1.06. The smallest absolute Gasteiger partial charge is 0.337 e. The van der Waals surface area contributed by atoms with E-state index in [1.54, 1.807) is 30.3 Å². The molecule has 0 aliphatic carbocycles. The van der Waals surface area contributed by atoms with Crippen LogP contribution in [-0.2, 0) is 0 Å². The van der Waals surface area contributed by atoms with Crippen LogP contribution >= 0.6 is 0 Å². The Labute approximate surface area is 176 Å². The standard InChI is InChI=1S/C25H24N2O3/c28-24(19-10-4-1-5-11-19)26-23-18-21(14-15-22(23)25(29)30)27(16-8-3-9-17-27)20-12-6-2-7-13-20/h1-2,4-7,10-15,18H,3,8-9,16-17H2,(H-,26,28,29,30)/p+1. The van der Waals surface area contributed by atoms with Gasteiger partial charge in [-0.05, 0) is 49.6 Å². The van der Waals surface area contributed by atoms with Gasteiger partial charge in [0.1, 0.15) is 11.4 Å². The summed E-state index contributed by atoms with van der Waals surface area (Å²) in [7, 11) is 0. The molecule has 5 nitrogen and oxygen atoms in total. The van der Waals surface area contributed by atoms with Gasteiger partial charge in [-0.2, -0.15) is 0 Å². The third kappa shape index (κ3) is 3.84. The molecule has 3 aromatic rings. The summed E-state index contributed by atoms with van der Waals surface area (Å²) < 4.78 is 0.662. The van der Waals surface area contributed by atoms with Crippen molar-refractivity contribution in [1.29, 1.82) is 0 Å². The number of aromatic carboxylic acids is 1. The average molecular weight is 401 g/mol. The van der Waals surface area contributed by atoms with E-state index in [4.69, 9.17) is 0 Å². The minimum Gasteiger partial charge on any atom is -0.478 e. The second-order valence-electron chi connectivity index (χ2n) is 7.67. The van der Waals surface area contributed by atoms with Crippen molar-refractivity contribution in [3.05, 3.63) is 90.0 Å². The number of benzene rings is 3. The lowest BCUT2D eigenvalue weighted by molar-refractivity contribution is 0.0698. The summed E-state index contributed by atoms with van der Waals surface area (Å²) in [4.78, 5) is 24.5. The molecule has 2 N–H and O–H groups in total. The van der Waals surface area contributed by atoms with E-state index >= 15 is 0 Å². The topological polar surface area (TPSA) is 66.4 Å². The lowest BCUT2D eigenvalue weighted by Crippen LogP contribution is -2.48. The van der Waals surface area contributed by atoms with Crippen molar-refractivity contribution in [3.63, 3.8) is 0 Å². The highest BCUT2D eigenvalue weighted by Crippen LogP contribution is 2.40. The third-order valence-corrected chi connectivity index (χ3v) is 5.84. The molecular formula is C25H25N2O3+. The zero-order valence-corrected chi connectivity index (χ0v) is 16.8. The Morgan fingerprint density at radius 2 is 1.40 bits per heavy atom. The van der Waals surface area contributed by atoms with Gasteiger partial charge in [0, 0.05) is 17.7 Å². The lowest BCUT2D eigenvalue weighted by atomic mass is 10.0. The zero-order valence-electron chi connectivity index (χ0n) is 16.8. The number of carboxylic acid groups (broad SMARTS) is 1. The molecule has 0 aromatic heterocycles. The molecule has 0 saturated carbocycles. The van der Waals surface area contributed by atoms with Gasteiger partial charge >= 0.3 is 5.97 Å². The fourth-order valence-electron chi connectivity index (χ4n) is 4.30. The van der Waals surface area contributed by atoms with Gasteiger partial charge in [-0.3, -0.25) is 9.28 Å². The Bertz CT molecular complexity index is 1040. The van der Waals surface area contributed by atoms with Crippen LogP contribution in [0.5, 0.6) is 0 Å². The molecule has 0 unspecified atom stereocenters. The molecule has 4 rings (SSSR count). The fraction of sp³-hybridized carbons (Fsp3) is 0.200. The highest BCUT2D eigenvalue weighted by atomic mass is 16.4. The maximum absolute atomic E-state index is 12.7. The summed E-state index contributed by atoms with van der Waals surface area (Å²) in [5.74, 6) is -1.38. The van der Waals surface area contributed by atoms with Gasteiger partial charge in [0.15, 0.2) is 0 Å². The molecule has 1 heterocycles. The van der Waals surface area contributed by atoms with E-state index in [1.165, 1.54) is 12.1 Å². The van der Waals surface area contributed by atoms with Gasteiger partial charge in [0.25, 0.3) is 5.91 Å². The summed E-state index contributed by atoms with van der Waals surface area (Å²) in [6.45, 7) is 1.89.